The molecule has 0 saturated carbocycles. The first-order valence-electron chi connectivity index (χ1n) is 6.31. The second kappa shape index (κ2) is 5.08. The highest BCUT2D eigenvalue weighted by atomic mass is 35.5. The Morgan fingerprint density at radius 1 is 1.39 bits per heavy atom. The van der Waals surface area contributed by atoms with E-state index in [4.69, 9.17) is 22.1 Å². The molecule has 0 saturated heterocycles. The van der Waals surface area contributed by atoms with Gasteiger partial charge in [0.15, 0.2) is 0 Å². The van der Waals surface area contributed by atoms with E-state index in [9.17, 15) is 5.11 Å². The quantitative estimate of drug-likeness (QED) is 0.868. The predicted molar refractivity (Wildman–Crippen MR) is 73.1 cm³/mol. The molecule has 18 heavy (non-hydrogen) atoms. The Bertz CT molecular complexity index is 440. The standard InChI is InChI=1S/C14H20ClNO2/c1-14(2,16)13(17)11-8-10(15)7-9-5-3-4-6-18-12(9)11/h7-8,13,17H,3-6,16H2,1-2H3. The summed E-state index contributed by atoms with van der Waals surface area (Å²) in [7, 11) is 0. The molecule has 1 unspecified atom stereocenters. The Kier molecular flexibility index (Phi) is 3.85. The first kappa shape index (κ1) is 13.7. The van der Waals surface area contributed by atoms with E-state index in [0.717, 1.165) is 30.6 Å². The summed E-state index contributed by atoms with van der Waals surface area (Å²) in [5.74, 6) is 0.767. The molecule has 1 aliphatic heterocycles. The van der Waals surface area contributed by atoms with Gasteiger partial charge >= 0.3 is 0 Å². The van der Waals surface area contributed by atoms with Crippen molar-refractivity contribution in [3.63, 3.8) is 0 Å². The van der Waals surface area contributed by atoms with E-state index in [2.05, 4.69) is 0 Å². The van der Waals surface area contributed by atoms with Crippen LogP contribution in [0.15, 0.2) is 12.1 Å². The van der Waals surface area contributed by atoms with Crippen LogP contribution in [0.2, 0.25) is 5.02 Å². The summed E-state index contributed by atoms with van der Waals surface area (Å²) in [5, 5.41) is 11.0. The number of aryl methyl sites for hydroxylation is 1. The van der Waals surface area contributed by atoms with Crippen LogP contribution in [0.5, 0.6) is 5.75 Å². The van der Waals surface area contributed by atoms with Gasteiger partial charge in [-0.25, -0.2) is 0 Å². The molecule has 0 fully saturated rings. The summed E-state index contributed by atoms with van der Waals surface area (Å²) in [6.07, 6.45) is 2.24. The van der Waals surface area contributed by atoms with Crippen LogP contribution >= 0.6 is 11.6 Å². The number of fused-ring (bicyclic) bond motifs is 1. The highest BCUT2D eigenvalue weighted by molar-refractivity contribution is 6.30. The van der Waals surface area contributed by atoms with E-state index >= 15 is 0 Å². The van der Waals surface area contributed by atoms with Crippen LogP contribution in [0.3, 0.4) is 0 Å². The van der Waals surface area contributed by atoms with Crippen LogP contribution in [-0.4, -0.2) is 17.3 Å². The van der Waals surface area contributed by atoms with Crippen LogP contribution in [0.1, 0.15) is 43.9 Å². The van der Waals surface area contributed by atoms with Gasteiger partial charge in [0.2, 0.25) is 0 Å². The van der Waals surface area contributed by atoms with E-state index < -0.39 is 11.6 Å². The van der Waals surface area contributed by atoms with Gasteiger partial charge in [0.1, 0.15) is 5.75 Å². The van der Waals surface area contributed by atoms with Crippen LogP contribution in [0.4, 0.5) is 0 Å². The van der Waals surface area contributed by atoms with Gasteiger partial charge in [-0.1, -0.05) is 11.6 Å². The zero-order valence-electron chi connectivity index (χ0n) is 10.9. The second-order valence-corrected chi connectivity index (χ2v) is 5.95. The number of ether oxygens (including phenoxy) is 1. The summed E-state index contributed by atoms with van der Waals surface area (Å²) in [5.41, 5.74) is 7.03. The summed E-state index contributed by atoms with van der Waals surface area (Å²) >= 11 is 6.12. The number of rotatable bonds is 2. The molecule has 1 heterocycles. The average molecular weight is 270 g/mol. The first-order chi connectivity index (χ1) is 8.39. The molecule has 3 nitrogen and oxygen atoms in total. The average Bonchev–Trinajstić information content (AvgIpc) is 2.50. The molecule has 0 amide bonds. The maximum atomic E-state index is 10.4. The minimum absolute atomic E-state index is 0.623. The molecular weight excluding hydrogens is 250 g/mol. The maximum Gasteiger partial charge on any atom is 0.128 e. The number of nitrogens with two attached hydrogens (primary N) is 1. The van der Waals surface area contributed by atoms with Crippen molar-refractivity contribution in [3.8, 4) is 5.75 Å². The lowest BCUT2D eigenvalue weighted by molar-refractivity contribution is 0.101. The molecule has 0 bridgehead atoms. The number of aliphatic hydroxyl groups excluding tert-OH is 1. The van der Waals surface area contributed by atoms with Crippen molar-refractivity contribution in [2.24, 2.45) is 5.73 Å². The third-order valence-corrected chi connectivity index (χ3v) is 3.46. The summed E-state index contributed by atoms with van der Waals surface area (Å²) < 4.78 is 5.78. The van der Waals surface area contributed by atoms with Gasteiger partial charge in [0, 0.05) is 16.1 Å². The summed E-state index contributed by atoms with van der Waals surface area (Å²) in [6, 6.07) is 3.67. The van der Waals surface area contributed by atoms with E-state index in [1.807, 2.05) is 6.07 Å². The van der Waals surface area contributed by atoms with Crippen molar-refractivity contribution in [2.75, 3.05) is 6.61 Å². The fraction of sp³-hybridized carbons (Fsp3) is 0.571. The maximum absolute atomic E-state index is 10.4. The van der Waals surface area contributed by atoms with Crippen molar-refractivity contribution in [3.05, 3.63) is 28.3 Å². The molecule has 0 aromatic heterocycles. The number of hydrogen-bond donors (Lipinski definition) is 2. The summed E-state index contributed by atoms with van der Waals surface area (Å²) in [4.78, 5) is 0. The summed E-state index contributed by atoms with van der Waals surface area (Å²) in [6.45, 7) is 4.27. The minimum Gasteiger partial charge on any atom is -0.493 e. The normalized spacial score (nSPS) is 17.6. The number of halogens is 1. The molecule has 2 rings (SSSR count). The van der Waals surface area contributed by atoms with Gasteiger partial charge in [-0.05, 0) is 50.8 Å². The Morgan fingerprint density at radius 3 is 2.78 bits per heavy atom. The molecule has 100 valence electrons. The third kappa shape index (κ3) is 2.79. The molecule has 1 aromatic carbocycles. The molecule has 1 aliphatic rings. The lowest BCUT2D eigenvalue weighted by atomic mass is 9.90. The van der Waals surface area contributed by atoms with Gasteiger partial charge in [-0.2, -0.15) is 0 Å². The van der Waals surface area contributed by atoms with Gasteiger partial charge in [-0.15, -0.1) is 0 Å². The smallest absolute Gasteiger partial charge is 0.128 e. The molecule has 1 atom stereocenters. The highest BCUT2D eigenvalue weighted by Crippen LogP contribution is 2.38. The van der Waals surface area contributed by atoms with Crippen molar-refractivity contribution < 1.29 is 9.84 Å². The SMILES string of the molecule is CC(C)(N)C(O)c1cc(Cl)cc2c1OCCCC2. The van der Waals surface area contributed by atoms with Crippen molar-refractivity contribution in [2.45, 2.75) is 44.8 Å². The van der Waals surface area contributed by atoms with E-state index in [0.29, 0.717) is 17.2 Å². The lowest BCUT2D eigenvalue weighted by Crippen LogP contribution is -2.39. The van der Waals surface area contributed by atoms with Gasteiger partial charge < -0.3 is 15.6 Å². The van der Waals surface area contributed by atoms with E-state index in [1.54, 1.807) is 19.9 Å². The van der Waals surface area contributed by atoms with Gasteiger partial charge in [0.05, 0.1) is 12.7 Å². The molecule has 3 N–H and O–H groups in total. The monoisotopic (exact) mass is 269 g/mol. The second-order valence-electron chi connectivity index (χ2n) is 5.51. The van der Waals surface area contributed by atoms with Crippen molar-refractivity contribution >= 4 is 11.6 Å². The topological polar surface area (TPSA) is 55.5 Å². The molecule has 4 heteroatoms. The molecular formula is C14H20ClNO2. The Hall–Kier alpha value is -0.770. The largest absolute Gasteiger partial charge is 0.493 e. The Morgan fingerprint density at radius 2 is 2.11 bits per heavy atom. The van der Waals surface area contributed by atoms with Gasteiger partial charge in [0.25, 0.3) is 0 Å². The molecule has 0 radical (unpaired) electrons. The first-order valence-corrected chi connectivity index (χ1v) is 6.69. The van der Waals surface area contributed by atoms with Crippen LogP contribution in [-0.2, 0) is 6.42 Å². The molecule has 0 aliphatic carbocycles. The predicted octanol–water partition coefficient (Wildman–Crippen LogP) is 2.83. The Labute approximate surface area is 113 Å². The zero-order chi connectivity index (χ0) is 13.3. The van der Waals surface area contributed by atoms with Crippen LogP contribution < -0.4 is 10.5 Å². The number of hydrogen-bond acceptors (Lipinski definition) is 3. The molecule has 0 spiro atoms. The number of aliphatic hydroxyl groups is 1. The van der Waals surface area contributed by atoms with E-state index in [-0.39, 0.29) is 0 Å². The number of benzene rings is 1. The fourth-order valence-corrected chi connectivity index (χ4v) is 2.48. The van der Waals surface area contributed by atoms with Crippen LogP contribution in [0, 0.1) is 0 Å². The van der Waals surface area contributed by atoms with Crippen molar-refractivity contribution in [1.29, 1.82) is 0 Å². The third-order valence-electron chi connectivity index (χ3n) is 3.25. The highest BCUT2D eigenvalue weighted by Gasteiger charge is 2.29. The van der Waals surface area contributed by atoms with Crippen LogP contribution in [0.25, 0.3) is 0 Å². The zero-order valence-corrected chi connectivity index (χ0v) is 11.6. The van der Waals surface area contributed by atoms with E-state index in [1.165, 1.54) is 0 Å². The van der Waals surface area contributed by atoms with Gasteiger partial charge in [-0.3, -0.25) is 0 Å². The lowest BCUT2D eigenvalue weighted by Gasteiger charge is -2.28. The Balaban J connectivity index is 2.49. The minimum atomic E-state index is -0.789. The fourth-order valence-electron chi connectivity index (χ4n) is 2.23. The van der Waals surface area contributed by atoms with Crippen molar-refractivity contribution in [1.82, 2.24) is 0 Å². The molecule has 1 aromatic rings.